The number of rotatable bonds is 9. The summed E-state index contributed by atoms with van der Waals surface area (Å²) >= 11 is 0. The highest BCUT2D eigenvalue weighted by molar-refractivity contribution is 5.95. The average molecular weight is 490 g/mol. The first-order valence-corrected chi connectivity index (χ1v) is 13.8. The summed E-state index contributed by atoms with van der Waals surface area (Å²) in [5.41, 5.74) is 3.41. The molecule has 2 aliphatic heterocycles. The van der Waals surface area contributed by atoms with E-state index in [1.165, 1.54) is 5.56 Å². The van der Waals surface area contributed by atoms with Gasteiger partial charge in [-0.1, -0.05) is 38.1 Å². The molecule has 0 radical (unpaired) electrons. The number of benzene rings is 2. The number of nitrogens with zero attached hydrogens (tertiary/aromatic N) is 3. The molecule has 4 rings (SSSR count). The zero-order valence-corrected chi connectivity index (χ0v) is 21.9. The quantitative estimate of drug-likeness (QED) is 0.397. The average Bonchev–Trinajstić information content (AvgIpc) is 3.47. The predicted octanol–water partition coefficient (Wildman–Crippen LogP) is 6.63. The number of piperidine rings is 1. The van der Waals surface area contributed by atoms with Crippen LogP contribution in [-0.2, 0) is 6.42 Å². The lowest BCUT2D eigenvalue weighted by atomic mass is 9.88. The topological polar surface area (TPSA) is 47.3 Å². The molecule has 0 aliphatic carbocycles. The second-order valence-electron chi connectivity index (χ2n) is 10.7. The molecule has 0 N–H and O–H groups in total. The highest BCUT2D eigenvalue weighted by Gasteiger charge is 2.30. The maximum atomic E-state index is 14.8. The van der Waals surface area contributed by atoms with Crippen LogP contribution in [0.4, 0.5) is 4.39 Å². The zero-order valence-electron chi connectivity index (χ0n) is 21.9. The third kappa shape index (κ3) is 6.34. The van der Waals surface area contributed by atoms with Crippen LogP contribution in [0.5, 0.6) is 0 Å². The van der Waals surface area contributed by atoms with E-state index in [0.29, 0.717) is 36.4 Å². The van der Waals surface area contributed by atoms with Crippen LogP contribution in [0.3, 0.4) is 0 Å². The van der Waals surface area contributed by atoms with Gasteiger partial charge in [-0.25, -0.2) is 4.39 Å². The molecule has 2 fully saturated rings. The van der Waals surface area contributed by atoms with Crippen LogP contribution < -0.4 is 0 Å². The number of hydrogen-bond acceptors (Lipinski definition) is 3. The van der Waals surface area contributed by atoms with Crippen LogP contribution in [0.2, 0.25) is 0 Å². The molecule has 36 heavy (non-hydrogen) atoms. The molecule has 0 unspecified atom stereocenters. The molecular formula is C31H40FN3O. The maximum Gasteiger partial charge on any atom is 0.253 e. The smallest absolute Gasteiger partial charge is 0.253 e. The first-order valence-electron chi connectivity index (χ1n) is 13.8. The van der Waals surface area contributed by atoms with Gasteiger partial charge in [0.05, 0.1) is 11.6 Å². The highest BCUT2D eigenvalue weighted by Crippen LogP contribution is 2.29. The fourth-order valence-electron chi connectivity index (χ4n) is 5.66. The van der Waals surface area contributed by atoms with Crippen LogP contribution in [0.25, 0.3) is 11.1 Å². The molecule has 1 amide bonds. The van der Waals surface area contributed by atoms with Crippen molar-refractivity contribution >= 4 is 5.91 Å². The lowest BCUT2D eigenvalue weighted by Crippen LogP contribution is -2.43. The summed E-state index contributed by atoms with van der Waals surface area (Å²) in [5.74, 6) is 0.755. The molecule has 2 heterocycles. The minimum absolute atomic E-state index is 0.0977. The van der Waals surface area contributed by atoms with Crippen LogP contribution in [0, 0.1) is 17.2 Å². The lowest BCUT2D eigenvalue weighted by Gasteiger charge is -2.36. The second kappa shape index (κ2) is 12.0. The van der Waals surface area contributed by atoms with Crippen LogP contribution >= 0.6 is 0 Å². The Labute approximate surface area is 216 Å². The Bertz CT molecular complexity index is 1060. The van der Waals surface area contributed by atoms with Gasteiger partial charge >= 0.3 is 0 Å². The first kappa shape index (κ1) is 26.4. The summed E-state index contributed by atoms with van der Waals surface area (Å²) in [5, 5.41) is 9.82. The Morgan fingerprint density at radius 2 is 1.69 bits per heavy atom. The van der Waals surface area contributed by atoms with Gasteiger partial charge in [0.2, 0.25) is 0 Å². The third-order valence-corrected chi connectivity index (χ3v) is 8.36. The van der Waals surface area contributed by atoms with Gasteiger partial charge in [-0.15, -0.1) is 0 Å². The Morgan fingerprint density at radius 3 is 2.31 bits per heavy atom. The fourth-order valence-corrected chi connectivity index (χ4v) is 5.66. The van der Waals surface area contributed by atoms with E-state index in [1.54, 1.807) is 0 Å². The van der Waals surface area contributed by atoms with E-state index in [0.717, 1.165) is 75.8 Å². The number of carbonyl (C=O) groups is 1. The summed E-state index contributed by atoms with van der Waals surface area (Å²) in [6.07, 6.45) is 7.64. The van der Waals surface area contributed by atoms with Crippen molar-refractivity contribution in [2.24, 2.45) is 5.92 Å². The normalized spacial score (nSPS) is 17.3. The number of halogens is 1. The summed E-state index contributed by atoms with van der Waals surface area (Å²) < 4.78 is 14.8. The molecule has 2 aromatic carbocycles. The van der Waals surface area contributed by atoms with E-state index in [9.17, 15) is 14.4 Å². The summed E-state index contributed by atoms with van der Waals surface area (Å²) in [4.78, 5) is 16.8. The minimum Gasteiger partial charge on any atom is -0.339 e. The van der Waals surface area contributed by atoms with Gasteiger partial charge in [0.15, 0.2) is 0 Å². The maximum absolute atomic E-state index is 14.8. The van der Waals surface area contributed by atoms with E-state index in [1.807, 2.05) is 55.1 Å². The van der Waals surface area contributed by atoms with Gasteiger partial charge in [-0.3, -0.25) is 4.79 Å². The van der Waals surface area contributed by atoms with Crippen molar-refractivity contribution in [2.45, 2.75) is 70.9 Å². The largest absolute Gasteiger partial charge is 0.339 e. The van der Waals surface area contributed by atoms with Crippen molar-refractivity contribution in [3.8, 4) is 17.2 Å². The van der Waals surface area contributed by atoms with Crippen molar-refractivity contribution < 1.29 is 9.18 Å². The molecule has 0 aromatic heterocycles. The zero-order chi connectivity index (χ0) is 25.5. The molecule has 0 saturated carbocycles. The monoisotopic (exact) mass is 489 g/mol. The second-order valence-corrected chi connectivity index (χ2v) is 10.7. The van der Waals surface area contributed by atoms with E-state index in [4.69, 9.17) is 0 Å². The Morgan fingerprint density at radius 1 is 1.03 bits per heavy atom. The number of nitriles is 1. The molecular weight excluding hydrogens is 449 g/mol. The highest BCUT2D eigenvalue weighted by atomic mass is 19.1. The first-order chi connectivity index (χ1) is 17.4. The van der Waals surface area contributed by atoms with Crippen LogP contribution in [0.1, 0.15) is 80.3 Å². The lowest BCUT2D eigenvalue weighted by molar-refractivity contribution is 0.0628. The van der Waals surface area contributed by atoms with Gasteiger partial charge in [0.25, 0.3) is 5.91 Å². The van der Waals surface area contributed by atoms with Gasteiger partial charge in [-0.2, -0.15) is 5.26 Å². The van der Waals surface area contributed by atoms with Gasteiger partial charge in [-0.05, 0) is 105 Å². The summed E-state index contributed by atoms with van der Waals surface area (Å²) in [7, 11) is 0. The molecule has 2 aliphatic rings. The third-order valence-electron chi connectivity index (χ3n) is 8.36. The number of alkyl halides is 1. The van der Waals surface area contributed by atoms with Crippen molar-refractivity contribution in [3.05, 3.63) is 59.2 Å². The van der Waals surface area contributed by atoms with E-state index in [2.05, 4.69) is 17.0 Å². The molecule has 0 spiro atoms. The number of likely N-dealkylation sites (tertiary alicyclic amines) is 2. The van der Waals surface area contributed by atoms with Crippen molar-refractivity contribution in [1.29, 1.82) is 5.26 Å². The molecule has 0 atom stereocenters. The molecule has 192 valence electrons. The van der Waals surface area contributed by atoms with Crippen LogP contribution in [0.15, 0.2) is 42.5 Å². The number of aryl methyl sites for hydroxylation is 1. The van der Waals surface area contributed by atoms with E-state index in [-0.39, 0.29) is 5.91 Å². The van der Waals surface area contributed by atoms with Crippen molar-refractivity contribution in [1.82, 2.24) is 9.80 Å². The van der Waals surface area contributed by atoms with Crippen LogP contribution in [-0.4, -0.2) is 54.1 Å². The SMILES string of the molecule is CCC(F)(CC)CN1CCC(CCc2ccc(-c3ccc(C(=O)N4CCCC4)cc3)c(C#N)c2)CC1. The number of carbonyl (C=O) groups excluding carboxylic acids is 1. The summed E-state index contributed by atoms with van der Waals surface area (Å²) in [6.45, 7) is 8.10. The molecule has 2 saturated heterocycles. The Balaban J connectivity index is 1.32. The van der Waals surface area contributed by atoms with Gasteiger partial charge in [0.1, 0.15) is 5.67 Å². The molecule has 5 heteroatoms. The summed E-state index contributed by atoms with van der Waals surface area (Å²) in [6, 6.07) is 16.2. The van der Waals surface area contributed by atoms with Crippen molar-refractivity contribution in [3.63, 3.8) is 0 Å². The fraction of sp³-hybridized carbons (Fsp3) is 0.548. The van der Waals surface area contributed by atoms with Gasteiger partial charge in [0, 0.05) is 25.2 Å². The van der Waals surface area contributed by atoms with E-state index >= 15 is 0 Å². The molecule has 0 bridgehead atoms. The molecule has 2 aromatic rings. The van der Waals surface area contributed by atoms with Crippen molar-refractivity contribution in [2.75, 3.05) is 32.7 Å². The standard InChI is InChI=1S/C31H40FN3O/c1-3-31(32,4-2)23-34-19-15-24(16-20-34)7-8-25-9-14-29(28(21-25)22-33)26-10-12-27(13-11-26)30(36)35-17-5-6-18-35/h9-14,21,24H,3-8,15-20,23H2,1-2H3. The Kier molecular flexibility index (Phi) is 8.80. The van der Waals surface area contributed by atoms with E-state index < -0.39 is 5.67 Å². The number of amides is 1. The predicted molar refractivity (Wildman–Crippen MR) is 144 cm³/mol. The molecule has 4 nitrogen and oxygen atoms in total. The minimum atomic E-state index is -1.05. The van der Waals surface area contributed by atoms with Gasteiger partial charge < -0.3 is 9.80 Å². The number of hydrogen-bond donors (Lipinski definition) is 0. The Hall–Kier alpha value is -2.71.